The minimum absolute atomic E-state index is 0.0199. The van der Waals surface area contributed by atoms with Crippen molar-refractivity contribution in [2.24, 2.45) is 0 Å². The van der Waals surface area contributed by atoms with E-state index in [4.69, 9.17) is 4.74 Å². The third-order valence-corrected chi connectivity index (χ3v) is 5.67. The first-order chi connectivity index (χ1) is 10.0. The Hall–Kier alpha value is -1.45. The number of benzene rings is 2. The molecule has 21 heavy (non-hydrogen) atoms. The Morgan fingerprint density at radius 3 is 2.67 bits per heavy atom. The van der Waals surface area contributed by atoms with Gasteiger partial charge < -0.3 is 0 Å². The summed E-state index contributed by atoms with van der Waals surface area (Å²) < 4.78 is 44.6. The molecule has 110 valence electrons. The van der Waals surface area contributed by atoms with Gasteiger partial charge in [0.1, 0.15) is 0 Å². The molecule has 1 aliphatic heterocycles. The molecule has 0 amide bonds. The molecule has 2 aromatic carbocycles. The van der Waals surface area contributed by atoms with E-state index in [-0.39, 0.29) is 21.1 Å². The first-order valence-electron chi connectivity index (χ1n) is 6.57. The summed E-state index contributed by atoms with van der Waals surface area (Å²) in [4.78, 5) is 0. The van der Waals surface area contributed by atoms with Gasteiger partial charge in [-0.2, -0.15) is 0 Å². The molecule has 1 nitrogen and oxygen atoms in total. The van der Waals surface area contributed by atoms with E-state index in [1.807, 2.05) is 24.3 Å². The van der Waals surface area contributed by atoms with E-state index in [0.717, 1.165) is 28.0 Å². The molecular weight excluding hydrogens is 344 g/mol. The molecule has 3 rings (SSSR count). The van der Waals surface area contributed by atoms with E-state index in [0.29, 0.717) is 0 Å². The van der Waals surface area contributed by atoms with Crippen LogP contribution >= 0.6 is 0 Å². The van der Waals surface area contributed by atoms with Crippen LogP contribution in [0.25, 0.3) is 0 Å². The zero-order chi connectivity index (χ0) is 14.9. The fourth-order valence-corrected chi connectivity index (χ4v) is 4.29. The standard InChI is InChI=1S/C16H13F3OSe/c17-16(18,19)12-5-3-6-14(9-12)21-10-13-8-11-4-1-2-7-15(11)20-13/h1-7,9,13H,8,10H2. The van der Waals surface area contributed by atoms with Gasteiger partial charge in [0.2, 0.25) is 0 Å². The van der Waals surface area contributed by atoms with Crippen LogP contribution in [0.15, 0.2) is 48.5 Å². The summed E-state index contributed by atoms with van der Waals surface area (Å²) in [6.45, 7) is 0. The predicted molar refractivity (Wildman–Crippen MR) is 76.2 cm³/mol. The first-order valence-corrected chi connectivity index (χ1v) is 8.64. The van der Waals surface area contributed by atoms with Crippen LogP contribution < -0.4 is 9.20 Å². The van der Waals surface area contributed by atoms with Crippen LogP contribution in [0.2, 0.25) is 5.32 Å². The van der Waals surface area contributed by atoms with Crippen molar-refractivity contribution in [3.05, 3.63) is 59.7 Å². The SMILES string of the molecule is FC(F)(F)c1cccc([Se]CC2Cc3ccccc3O2)c1. The van der Waals surface area contributed by atoms with Gasteiger partial charge in [0.25, 0.3) is 0 Å². The van der Waals surface area contributed by atoms with Crippen LogP contribution in [0.3, 0.4) is 0 Å². The molecule has 0 bridgehead atoms. The van der Waals surface area contributed by atoms with Crippen molar-refractivity contribution >= 4 is 19.4 Å². The Morgan fingerprint density at radius 2 is 1.90 bits per heavy atom. The molecule has 0 spiro atoms. The number of para-hydroxylation sites is 1. The van der Waals surface area contributed by atoms with Gasteiger partial charge >= 0.3 is 127 Å². The molecule has 0 fully saturated rings. The predicted octanol–water partition coefficient (Wildman–Crippen LogP) is 3.46. The van der Waals surface area contributed by atoms with Gasteiger partial charge in [-0.1, -0.05) is 0 Å². The Labute approximate surface area is 127 Å². The maximum atomic E-state index is 12.7. The van der Waals surface area contributed by atoms with Crippen molar-refractivity contribution in [3.8, 4) is 5.75 Å². The fourth-order valence-electron chi connectivity index (χ4n) is 2.30. The van der Waals surface area contributed by atoms with Gasteiger partial charge in [0, 0.05) is 0 Å². The molecule has 0 aromatic heterocycles. The van der Waals surface area contributed by atoms with Crippen LogP contribution in [0, 0.1) is 0 Å². The van der Waals surface area contributed by atoms with Crippen molar-refractivity contribution in [1.29, 1.82) is 0 Å². The van der Waals surface area contributed by atoms with Gasteiger partial charge in [-0.15, -0.1) is 0 Å². The number of halogens is 3. The van der Waals surface area contributed by atoms with E-state index in [1.165, 1.54) is 17.7 Å². The summed E-state index contributed by atoms with van der Waals surface area (Å²) in [5.41, 5.74) is 0.611. The molecule has 0 saturated carbocycles. The number of hydrogen-bond acceptors (Lipinski definition) is 1. The molecule has 1 aliphatic rings. The topological polar surface area (TPSA) is 9.23 Å². The molecule has 1 unspecified atom stereocenters. The van der Waals surface area contributed by atoms with Crippen molar-refractivity contribution < 1.29 is 17.9 Å². The molecule has 5 heteroatoms. The van der Waals surface area contributed by atoms with Gasteiger partial charge in [-0.05, 0) is 0 Å². The molecule has 1 heterocycles. The molecule has 2 aromatic rings. The number of hydrogen-bond donors (Lipinski definition) is 0. The van der Waals surface area contributed by atoms with Crippen molar-refractivity contribution in [1.82, 2.24) is 0 Å². The maximum absolute atomic E-state index is 12.7. The van der Waals surface area contributed by atoms with Gasteiger partial charge in [0.05, 0.1) is 0 Å². The fraction of sp³-hybridized carbons (Fsp3) is 0.250. The van der Waals surface area contributed by atoms with E-state index < -0.39 is 11.7 Å². The van der Waals surface area contributed by atoms with E-state index in [2.05, 4.69) is 0 Å². The van der Waals surface area contributed by atoms with Crippen LogP contribution in [-0.2, 0) is 12.6 Å². The molecule has 0 radical (unpaired) electrons. The van der Waals surface area contributed by atoms with Gasteiger partial charge in [0.15, 0.2) is 0 Å². The molecule has 0 saturated heterocycles. The van der Waals surface area contributed by atoms with E-state index >= 15 is 0 Å². The quantitative estimate of drug-likeness (QED) is 0.765. The zero-order valence-corrected chi connectivity index (χ0v) is 12.8. The average molecular weight is 357 g/mol. The molecule has 1 atom stereocenters. The molecule has 0 N–H and O–H groups in total. The Morgan fingerprint density at radius 1 is 1.10 bits per heavy atom. The second-order valence-corrected chi connectivity index (χ2v) is 7.18. The zero-order valence-electron chi connectivity index (χ0n) is 11.1. The van der Waals surface area contributed by atoms with Crippen molar-refractivity contribution in [3.63, 3.8) is 0 Å². The third kappa shape index (κ3) is 3.42. The summed E-state index contributed by atoms with van der Waals surface area (Å²) >= 11 is -0.0199. The van der Waals surface area contributed by atoms with Crippen LogP contribution in [0.1, 0.15) is 11.1 Å². The van der Waals surface area contributed by atoms with Gasteiger partial charge in [-0.25, -0.2) is 0 Å². The average Bonchev–Trinajstić information content (AvgIpc) is 2.87. The molecule has 0 aliphatic carbocycles. The Balaban J connectivity index is 1.62. The van der Waals surface area contributed by atoms with Crippen LogP contribution in [-0.4, -0.2) is 21.1 Å². The summed E-state index contributed by atoms with van der Waals surface area (Å²) in [7, 11) is 0. The van der Waals surface area contributed by atoms with Gasteiger partial charge in [-0.3, -0.25) is 0 Å². The van der Waals surface area contributed by atoms with Crippen molar-refractivity contribution in [2.75, 3.05) is 0 Å². The van der Waals surface area contributed by atoms with Crippen LogP contribution in [0.4, 0.5) is 13.2 Å². The normalized spacial score (nSPS) is 17.4. The second kappa shape index (κ2) is 5.74. The number of fused-ring (bicyclic) bond motifs is 1. The summed E-state index contributed by atoms with van der Waals surface area (Å²) in [6, 6.07) is 13.5. The Bertz CT molecular complexity index is 614. The first kappa shape index (κ1) is 14.5. The summed E-state index contributed by atoms with van der Waals surface area (Å²) in [5.74, 6) is 0.905. The number of alkyl halides is 3. The minimum atomic E-state index is -4.27. The van der Waals surface area contributed by atoms with E-state index in [1.54, 1.807) is 6.07 Å². The number of rotatable bonds is 3. The molecular formula is C16H13F3OSe. The van der Waals surface area contributed by atoms with Crippen molar-refractivity contribution in [2.45, 2.75) is 24.0 Å². The third-order valence-electron chi connectivity index (χ3n) is 3.31. The van der Waals surface area contributed by atoms with Crippen LogP contribution in [0.5, 0.6) is 5.75 Å². The summed E-state index contributed by atoms with van der Waals surface area (Å²) in [6.07, 6.45) is -3.35. The van der Waals surface area contributed by atoms with E-state index in [9.17, 15) is 13.2 Å². The monoisotopic (exact) mass is 358 g/mol. The second-order valence-electron chi connectivity index (χ2n) is 4.89. The Kier molecular flexibility index (Phi) is 3.96. The number of ether oxygens (including phenoxy) is 1. The summed E-state index contributed by atoms with van der Waals surface area (Å²) in [5, 5.41) is 0.781.